The molecule has 1 atom stereocenters. The molecule has 0 saturated carbocycles. The lowest BCUT2D eigenvalue weighted by Gasteiger charge is -2.13. The Hall–Kier alpha value is -4.75. The summed E-state index contributed by atoms with van der Waals surface area (Å²) in [5.41, 5.74) is 13.5. The van der Waals surface area contributed by atoms with Gasteiger partial charge in [-0.3, -0.25) is 9.59 Å². The summed E-state index contributed by atoms with van der Waals surface area (Å²) in [5.74, 6) is 0.887. The lowest BCUT2D eigenvalue weighted by molar-refractivity contribution is -0.115. The van der Waals surface area contributed by atoms with E-state index in [9.17, 15) is 9.59 Å². The highest BCUT2D eigenvalue weighted by molar-refractivity contribution is 5.96. The van der Waals surface area contributed by atoms with Crippen LogP contribution in [0.25, 0.3) is 11.3 Å². The zero-order chi connectivity index (χ0) is 24.8. The summed E-state index contributed by atoms with van der Waals surface area (Å²) < 4.78 is 11.7. The number of nitrogens with two attached hydrogens (primary N) is 2. The van der Waals surface area contributed by atoms with Crippen LogP contribution in [0, 0.1) is 0 Å². The van der Waals surface area contributed by atoms with Crippen LogP contribution in [0.1, 0.15) is 22.0 Å². The van der Waals surface area contributed by atoms with Crippen LogP contribution in [0.4, 0.5) is 0 Å². The number of benzene rings is 3. The minimum Gasteiger partial charge on any atom is -0.457 e. The van der Waals surface area contributed by atoms with Gasteiger partial charge in [0.15, 0.2) is 5.78 Å². The van der Waals surface area contributed by atoms with Crippen LogP contribution in [0.2, 0.25) is 0 Å². The van der Waals surface area contributed by atoms with Crippen molar-refractivity contribution in [1.29, 1.82) is 0 Å². The van der Waals surface area contributed by atoms with E-state index in [2.05, 4.69) is 11.6 Å². The third kappa shape index (κ3) is 5.61. The van der Waals surface area contributed by atoms with Crippen molar-refractivity contribution in [3.8, 4) is 34.4 Å². The number of amides is 1. The van der Waals surface area contributed by atoms with Gasteiger partial charge < -0.3 is 20.9 Å². The van der Waals surface area contributed by atoms with Gasteiger partial charge in [-0.15, -0.1) is 0 Å². The van der Waals surface area contributed by atoms with Crippen LogP contribution in [0.5, 0.6) is 23.1 Å². The third-order valence-corrected chi connectivity index (χ3v) is 5.19. The molecule has 4 aromatic rings. The summed E-state index contributed by atoms with van der Waals surface area (Å²) in [4.78, 5) is 28.4. The molecule has 1 amide bonds. The number of carbonyl (C=O) groups excluding carboxylic acids is 2. The molecule has 7 nitrogen and oxygen atoms in total. The lowest BCUT2D eigenvalue weighted by atomic mass is 9.99. The summed E-state index contributed by atoms with van der Waals surface area (Å²) >= 11 is 0. The van der Waals surface area contributed by atoms with Crippen LogP contribution >= 0.6 is 0 Å². The highest BCUT2D eigenvalue weighted by Crippen LogP contribution is 2.30. The molecule has 3 aromatic carbocycles. The number of carbonyl (C=O) groups is 2. The Morgan fingerprint density at radius 1 is 0.829 bits per heavy atom. The molecule has 4 rings (SSSR count). The first-order valence-electron chi connectivity index (χ1n) is 10.8. The highest BCUT2D eigenvalue weighted by atomic mass is 16.5. The van der Waals surface area contributed by atoms with Crippen molar-refractivity contribution in [3.05, 3.63) is 115 Å². The molecule has 4 N–H and O–H groups in total. The van der Waals surface area contributed by atoms with E-state index in [1.54, 1.807) is 54.6 Å². The Morgan fingerprint density at radius 3 is 2.14 bits per heavy atom. The van der Waals surface area contributed by atoms with Crippen molar-refractivity contribution in [2.45, 2.75) is 6.04 Å². The Morgan fingerprint density at radius 2 is 1.49 bits per heavy atom. The minimum absolute atomic E-state index is 0.0589. The molecule has 1 aromatic heterocycles. The molecule has 174 valence electrons. The Labute approximate surface area is 202 Å². The fourth-order valence-electron chi connectivity index (χ4n) is 3.36. The zero-order valence-corrected chi connectivity index (χ0v) is 18.8. The minimum atomic E-state index is -0.829. The first-order valence-corrected chi connectivity index (χ1v) is 10.8. The fourth-order valence-corrected chi connectivity index (χ4v) is 3.36. The van der Waals surface area contributed by atoms with Gasteiger partial charge in [-0.25, -0.2) is 4.98 Å². The summed E-state index contributed by atoms with van der Waals surface area (Å²) in [7, 11) is 0. The molecule has 0 saturated heterocycles. The second kappa shape index (κ2) is 10.5. The summed E-state index contributed by atoms with van der Waals surface area (Å²) in [6.07, 6.45) is 1.19. The standard InChI is InChI=1S/C28H23N3O4/c1-2-25(32)26(29)19-8-6-7-18(17-19)24-16-15-23(27(30)33)28(31-24)35-22-13-11-21(12-14-22)34-20-9-4-3-5-10-20/h2-17,26H,1,29H2,(H2,30,33). The topological polar surface area (TPSA) is 118 Å². The maximum Gasteiger partial charge on any atom is 0.254 e. The van der Waals surface area contributed by atoms with Gasteiger partial charge in [-0.05, 0) is 66.2 Å². The average molecular weight is 466 g/mol. The van der Waals surface area contributed by atoms with Crippen LogP contribution in [-0.4, -0.2) is 16.7 Å². The SMILES string of the molecule is C=CC(=O)C(N)c1cccc(-c2ccc(C(N)=O)c(Oc3ccc(Oc4ccccc4)cc3)n2)c1. The summed E-state index contributed by atoms with van der Waals surface area (Å²) in [6.45, 7) is 3.48. The maximum absolute atomic E-state index is 12.0. The first kappa shape index (κ1) is 23.4. The number of hydrogen-bond acceptors (Lipinski definition) is 6. The van der Waals surface area contributed by atoms with Crippen LogP contribution in [-0.2, 0) is 4.79 Å². The van der Waals surface area contributed by atoms with Gasteiger partial charge in [0, 0.05) is 5.56 Å². The Bertz CT molecular complexity index is 1370. The lowest BCUT2D eigenvalue weighted by Crippen LogP contribution is -2.19. The molecule has 7 heteroatoms. The third-order valence-electron chi connectivity index (χ3n) is 5.19. The van der Waals surface area contributed by atoms with Crippen molar-refractivity contribution in [3.63, 3.8) is 0 Å². The molecule has 0 radical (unpaired) electrons. The molecule has 0 aliphatic rings. The molecule has 1 heterocycles. The molecule has 1 unspecified atom stereocenters. The van der Waals surface area contributed by atoms with Crippen molar-refractivity contribution < 1.29 is 19.1 Å². The van der Waals surface area contributed by atoms with E-state index in [0.29, 0.717) is 34.1 Å². The molecule has 0 aliphatic carbocycles. The normalized spacial score (nSPS) is 11.3. The van der Waals surface area contributed by atoms with Gasteiger partial charge in [0.1, 0.15) is 22.8 Å². The van der Waals surface area contributed by atoms with Crippen molar-refractivity contribution in [2.75, 3.05) is 0 Å². The van der Waals surface area contributed by atoms with E-state index < -0.39 is 11.9 Å². The molecule has 0 bridgehead atoms. The molecular formula is C28H23N3O4. The molecule has 0 aliphatic heterocycles. The molecule has 35 heavy (non-hydrogen) atoms. The summed E-state index contributed by atoms with van der Waals surface area (Å²) in [5, 5.41) is 0. The van der Waals surface area contributed by atoms with Crippen molar-refractivity contribution in [2.24, 2.45) is 11.5 Å². The number of para-hydroxylation sites is 1. The van der Waals surface area contributed by atoms with Gasteiger partial charge in [-0.2, -0.15) is 0 Å². The average Bonchev–Trinajstić information content (AvgIpc) is 2.89. The predicted molar refractivity (Wildman–Crippen MR) is 133 cm³/mol. The summed E-state index contributed by atoms with van der Waals surface area (Å²) in [6, 6.07) is 25.8. The molecule has 0 spiro atoms. The number of hydrogen-bond donors (Lipinski definition) is 2. The largest absolute Gasteiger partial charge is 0.457 e. The van der Waals surface area contributed by atoms with Crippen LogP contribution in [0.3, 0.4) is 0 Å². The zero-order valence-electron chi connectivity index (χ0n) is 18.8. The fraction of sp³-hybridized carbons (Fsp3) is 0.0357. The van der Waals surface area contributed by atoms with Gasteiger partial charge >= 0.3 is 0 Å². The number of aromatic nitrogens is 1. The van der Waals surface area contributed by atoms with E-state index in [1.165, 1.54) is 6.08 Å². The van der Waals surface area contributed by atoms with Crippen molar-refractivity contribution >= 4 is 11.7 Å². The highest BCUT2D eigenvalue weighted by Gasteiger charge is 2.17. The van der Waals surface area contributed by atoms with E-state index in [0.717, 1.165) is 0 Å². The smallest absolute Gasteiger partial charge is 0.254 e. The Kier molecular flexibility index (Phi) is 6.99. The van der Waals surface area contributed by atoms with Crippen LogP contribution < -0.4 is 20.9 Å². The second-order valence-corrected chi connectivity index (χ2v) is 7.61. The number of nitrogens with zero attached hydrogens (tertiary/aromatic N) is 1. The number of ketones is 1. The number of rotatable bonds is 9. The number of pyridine rings is 1. The van der Waals surface area contributed by atoms with E-state index in [-0.39, 0.29) is 17.2 Å². The maximum atomic E-state index is 12.0. The van der Waals surface area contributed by atoms with Crippen molar-refractivity contribution in [1.82, 2.24) is 4.98 Å². The monoisotopic (exact) mass is 465 g/mol. The van der Waals surface area contributed by atoms with Gasteiger partial charge in [0.25, 0.3) is 5.91 Å². The van der Waals surface area contributed by atoms with Crippen LogP contribution in [0.15, 0.2) is 104 Å². The number of ether oxygens (including phenoxy) is 2. The number of primary amides is 1. The predicted octanol–water partition coefficient (Wildman–Crippen LogP) is 5.19. The van der Waals surface area contributed by atoms with E-state index in [1.807, 2.05) is 36.4 Å². The second-order valence-electron chi connectivity index (χ2n) is 7.61. The molecular weight excluding hydrogens is 442 g/mol. The van der Waals surface area contributed by atoms with Gasteiger partial charge in [0.05, 0.1) is 11.7 Å². The van der Waals surface area contributed by atoms with E-state index >= 15 is 0 Å². The van der Waals surface area contributed by atoms with Gasteiger partial charge in [0.2, 0.25) is 5.88 Å². The first-order chi connectivity index (χ1) is 16.9. The quantitative estimate of drug-likeness (QED) is 0.329. The van der Waals surface area contributed by atoms with E-state index in [4.69, 9.17) is 20.9 Å². The Balaban J connectivity index is 1.60. The van der Waals surface area contributed by atoms with Gasteiger partial charge in [-0.1, -0.05) is 43.0 Å². The molecule has 0 fully saturated rings.